The Labute approximate surface area is 376 Å². The highest BCUT2D eigenvalue weighted by Crippen LogP contribution is 2.47. The number of allylic oxidation sites excluding steroid dienone is 7. The molecular formula is C47H83O15P. The van der Waals surface area contributed by atoms with Crippen LogP contribution >= 0.6 is 7.82 Å². The average Bonchev–Trinajstić information content (AvgIpc) is 3.26. The highest BCUT2D eigenvalue weighted by Gasteiger charge is 2.51. The minimum atomic E-state index is -5.19. The fourth-order valence-electron chi connectivity index (χ4n) is 6.96. The Balaban J connectivity index is 2.56. The molecule has 0 heterocycles. The molecule has 16 heteroatoms. The summed E-state index contributed by atoms with van der Waals surface area (Å²) in [6.45, 7) is 2.93. The molecule has 10 atom stereocenters. The molecule has 0 saturated heterocycles. The average molecular weight is 919 g/mol. The van der Waals surface area contributed by atoms with Crippen LogP contribution in [-0.2, 0) is 32.7 Å². The molecule has 3 unspecified atom stereocenters. The van der Waals surface area contributed by atoms with Crippen LogP contribution in [-0.4, -0.2) is 121 Å². The van der Waals surface area contributed by atoms with Crippen LogP contribution in [0.1, 0.15) is 168 Å². The zero-order valence-corrected chi connectivity index (χ0v) is 39.0. The van der Waals surface area contributed by atoms with E-state index in [1.54, 1.807) is 6.08 Å². The molecule has 1 fully saturated rings. The standard InChI is InChI=1S/C47H83O15P/c1-3-5-7-9-11-13-15-17-18-19-21-23-25-27-29-33-41(51)61-37(36-60-63(57,58)62-47-45(55)43(53)42(52)44(54)46(47)56)35-59-40(50)34-30-32-39(49)38(48)31-28-26-24-22-20-16-14-12-10-8-6-4-2/h6,8,12,14,20,22,26,28,37-39,42-49,52-56H,3-5,7,9-11,13,15-19,21,23-25,27,29-36H2,1-2H3,(H,57,58)/b8-6-,14-12-,22-20-,28-26-/t37-,38+,39+,42?,43-,44+,45-,46-,47?/m1/s1. The van der Waals surface area contributed by atoms with Crippen LogP contribution < -0.4 is 0 Å². The van der Waals surface area contributed by atoms with Gasteiger partial charge < -0.3 is 50.1 Å². The largest absolute Gasteiger partial charge is 0.472 e. The van der Waals surface area contributed by atoms with E-state index in [2.05, 4.69) is 44.2 Å². The lowest BCUT2D eigenvalue weighted by Crippen LogP contribution is -2.64. The van der Waals surface area contributed by atoms with Crippen molar-refractivity contribution >= 4 is 19.8 Å². The Bertz CT molecular complexity index is 1320. The van der Waals surface area contributed by atoms with E-state index in [0.29, 0.717) is 12.8 Å². The molecule has 0 bridgehead atoms. The van der Waals surface area contributed by atoms with Gasteiger partial charge in [0.1, 0.15) is 43.2 Å². The first kappa shape index (κ1) is 58.7. The van der Waals surface area contributed by atoms with E-state index in [1.165, 1.54) is 64.2 Å². The van der Waals surface area contributed by atoms with E-state index in [-0.39, 0.29) is 32.1 Å². The number of esters is 2. The second kappa shape index (κ2) is 36.9. The number of aliphatic hydroxyl groups is 7. The monoisotopic (exact) mass is 919 g/mol. The van der Waals surface area contributed by atoms with Gasteiger partial charge in [-0.25, -0.2) is 4.57 Å². The maximum absolute atomic E-state index is 12.8. The van der Waals surface area contributed by atoms with Crippen molar-refractivity contribution in [3.05, 3.63) is 48.6 Å². The van der Waals surface area contributed by atoms with E-state index in [9.17, 15) is 54.8 Å². The smallest absolute Gasteiger partial charge is 0.462 e. The van der Waals surface area contributed by atoms with E-state index in [4.69, 9.17) is 18.5 Å². The number of rotatable bonds is 38. The van der Waals surface area contributed by atoms with Crippen LogP contribution in [0.4, 0.5) is 0 Å². The topological polar surface area (TPSA) is 250 Å². The number of phosphoric ester groups is 1. The number of hydrogen-bond acceptors (Lipinski definition) is 14. The predicted molar refractivity (Wildman–Crippen MR) is 242 cm³/mol. The van der Waals surface area contributed by atoms with E-state index >= 15 is 0 Å². The van der Waals surface area contributed by atoms with Crippen molar-refractivity contribution in [2.24, 2.45) is 0 Å². The van der Waals surface area contributed by atoms with Crippen molar-refractivity contribution in [2.45, 2.75) is 223 Å². The number of carbonyl (C=O) groups excluding carboxylic acids is 2. The SMILES string of the molecule is CC/C=C\C/C=C\C/C=C\C/C=C\C[C@H](O)[C@@H](O)CCCC(=O)OC[C@H](COP(=O)(O)OC1[C@H](O)[C@H](O)C(O)[C@H](O)[C@H]1O)OC(=O)CCCCCCCCCCCCCCCCC. The van der Waals surface area contributed by atoms with Gasteiger partial charge in [0.2, 0.25) is 0 Å². The van der Waals surface area contributed by atoms with Gasteiger partial charge >= 0.3 is 19.8 Å². The third kappa shape index (κ3) is 29.1. The number of ether oxygens (including phenoxy) is 2. The van der Waals surface area contributed by atoms with E-state index < -0.39 is 87.9 Å². The van der Waals surface area contributed by atoms with Crippen LogP contribution in [0.3, 0.4) is 0 Å². The van der Waals surface area contributed by atoms with Gasteiger partial charge in [0.15, 0.2) is 6.10 Å². The summed E-state index contributed by atoms with van der Waals surface area (Å²) in [7, 11) is -5.19. The summed E-state index contributed by atoms with van der Waals surface area (Å²) in [5.74, 6) is -1.38. The fourth-order valence-corrected chi connectivity index (χ4v) is 7.94. The normalized spacial score (nSPS) is 23.1. The Morgan fingerprint density at radius 3 is 1.51 bits per heavy atom. The maximum Gasteiger partial charge on any atom is 0.472 e. The van der Waals surface area contributed by atoms with Crippen LogP contribution in [0, 0.1) is 0 Å². The zero-order chi connectivity index (χ0) is 46.7. The van der Waals surface area contributed by atoms with Crippen molar-refractivity contribution in [1.29, 1.82) is 0 Å². The van der Waals surface area contributed by atoms with Gasteiger partial charge in [0, 0.05) is 12.8 Å². The van der Waals surface area contributed by atoms with Crippen molar-refractivity contribution in [3.63, 3.8) is 0 Å². The van der Waals surface area contributed by atoms with Crippen LogP contribution in [0.25, 0.3) is 0 Å². The molecule has 0 spiro atoms. The second-order valence-corrected chi connectivity index (χ2v) is 18.0. The Kier molecular flexibility index (Phi) is 34.4. The first-order valence-corrected chi connectivity index (χ1v) is 25.1. The highest BCUT2D eigenvalue weighted by atomic mass is 31.2. The molecule has 1 aliphatic rings. The quantitative estimate of drug-likeness (QED) is 0.0133. The Morgan fingerprint density at radius 2 is 1.00 bits per heavy atom. The molecule has 0 amide bonds. The summed E-state index contributed by atoms with van der Waals surface area (Å²) in [5, 5.41) is 70.9. The lowest BCUT2D eigenvalue weighted by molar-refractivity contribution is -0.220. The maximum atomic E-state index is 12.8. The first-order chi connectivity index (χ1) is 30.2. The molecule has 15 nitrogen and oxygen atoms in total. The number of unbranched alkanes of at least 4 members (excludes halogenated alkanes) is 14. The van der Waals surface area contributed by atoms with Crippen molar-refractivity contribution in [2.75, 3.05) is 13.2 Å². The zero-order valence-electron chi connectivity index (χ0n) is 38.1. The fraction of sp³-hybridized carbons (Fsp3) is 0.787. The molecule has 1 aliphatic carbocycles. The number of phosphoric acid groups is 1. The van der Waals surface area contributed by atoms with Crippen molar-refractivity contribution in [3.8, 4) is 0 Å². The summed E-state index contributed by atoms with van der Waals surface area (Å²) in [5.41, 5.74) is 0. The first-order valence-electron chi connectivity index (χ1n) is 23.6. The number of carbonyl (C=O) groups is 2. The lowest BCUT2D eigenvalue weighted by Gasteiger charge is -2.41. The van der Waals surface area contributed by atoms with Crippen LogP contribution in [0.15, 0.2) is 48.6 Å². The Hall–Kier alpha value is -2.27. The van der Waals surface area contributed by atoms with E-state index in [1.807, 2.05) is 12.2 Å². The van der Waals surface area contributed by atoms with Gasteiger partial charge in [0.05, 0.1) is 18.8 Å². The van der Waals surface area contributed by atoms with Crippen molar-refractivity contribution in [1.82, 2.24) is 0 Å². The van der Waals surface area contributed by atoms with E-state index in [0.717, 1.165) is 44.9 Å². The molecule has 8 N–H and O–H groups in total. The summed E-state index contributed by atoms with van der Waals surface area (Å²) in [6, 6.07) is 0. The highest BCUT2D eigenvalue weighted by molar-refractivity contribution is 7.47. The summed E-state index contributed by atoms with van der Waals surface area (Å²) in [4.78, 5) is 35.8. The van der Waals surface area contributed by atoms with Gasteiger partial charge in [-0.1, -0.05) is 152 Å². The molecular weight excluding hydrogens is 835 g/mol. The molecule has 0 aliphatic heterocycles. The molecule has 1 rings (SSSR count). The Morgan fingerprint density at radius 1 is 0.556 bits per heavy atom. The van der Waals surface area contributed by atoms with Gasteiger partial charge in [-0.2, -0.15) is 0 Å². The predicted octanol–water partition coefficient (Wildman–Crippen LogP) is 7.11. The minimum Gasteiger partial charge on any atom is -0.462 e. The summed E-state index contributed by atoms with van der Waals surface area (Å²) < 4.78 is 33.4. The number of aliphatic hydroxyl groups excluding tert-OH is 7. The van der Waals surface area contributed by atoms with Crippen molar-refractivity contribution < 1.29 is 73.3 Å². The second-order valence-electron chi connectivity index (χ2n) is 16.5. The molecule has 0 aromatic heterocycles. The molecule has 366 valence electrons. The summed E-state index contributed by atoms with van der Waals surface area (Å²) >= 11 is 0. The summed E-state index contributed by atoms with van der Waals surface area (Å²) in [6.07, 6.45) is 21.8. The van der Waals surface area contributed by atoms with Gasteiger partial charge in [-0.05, 0) is 51.4 Å². The van der Waals surface area contributed by atoms with Crippen LogP contribution in [0.5, 0.6) is 0 Å². The van der Waals surface area contributed by atoms with Gasteiger partial charge in [0.25, 0.3) is 0 Å². The molecule has 63 heavy (non-hydrogen) atoms. The molecule has 0 radical (unpaired) electrons. The number of hydrogen-bond donors (Lipinski definition) is 8. The third-order valence-electron chi connectivity index (χ3n) is 10.9. The minimum absolute atomic E-state index is 0.0374. The van der Waals surface area contributed by atoms with Gasteiger partial charge in [-0.15, -0.1) is 0 Å². The molecule has 0 aromatic carbocycles. The molecule has 1 saturated carbocycles. The van der Waals surface area contributed by atoms with Gasteiger partial charge in [-0.3, -0.25) is 18.6 Å². The third-order valence-corrected chi connectivity index (χ3v) is 11.9. The molecule has 0 aromatic rings. The lowest BCUT2D eigenvalue weighted by atomic mass is 9.85. The van der Waals surface area contributed by atoms with Crippen LogP contribution in [0.2, 0.25) is 0 Å².